The number of nitrogens with zero attached hydrogens (tertiary/aromatic N) is 1. The molecule has 0 unspecified atom stereocenters. The molecule has 1 heterocycles. The van der Waals surface area contributed by atoms with Crippen molar-refractivity contribution < 1.29 is 19.1 Å². The SMILES string of the molecule is CCc1ccc(N2C(=O)NC(=O)/C(=C\c3ccc(OCc4c(C)ccc5ccccc45)cc3)C2=O)cc1. The number of barbiturate groups is 1. The van der Waals surface area contributed by atoms with E-state index in [1.54, 1.807) is 36.4 Å². The van der Waals surface area contributed by atoms with Gasteiger partial charge in [-0.05, 0) is 71.1 Å². The minimum Gasteiger partial charge on any atom is -0.489 e. The molecule has 1 aliphatic heterocycles. The zero-order valence-electron chi connectivity index (χ0n) is 20.7. The van der Waals surface area contributed by atoms with Crippen LogP contribution in [0.25, 0.3) is 16.8 Å². The largest absolute Gasteiger partial charge is 0.489 e. The van der Waals surface area contributed by atoms with Crippen LogP contribution < -0.4 is 15.0 Å². The van der Waals surface area contributed by atoms with Crippen molar-refractivity contribution in [2.45, 2.75) is 26.9 Å². The normalized spacial score (nSPS) is 14.8. The second-order valence-electron chi connectivity index (χ2n) is 8.92. The van der Waals surface area contributed by atoms with Crippen LogP contribution in [0.4, 0.5) is 10.5 Å². The number of carbonyl (C=O) groups excluding carboxylic acids is 3. The molecule has 6 heteroatoms. The van der Waals surface area contributed by atoms with E-state index in [1.165, 1.54) is 6.08 Å². The number of urea groups is 1. The second-order valence-corrected chi connectivity index (χ2v) is 8.92. The molecule has 37 heavy (non-hydrogen) atoms. The van der Waals surface area contributed by atoms with Gasteiger partial charge in [-0.15, -0.1) is 0 Å². The van der Waals surface area contributed by atoms with Gasteiger partial charge in [-0.2, -0.15) is 0 Å². The van der Waals surface area contributed by atoms with E-state index in [1.807, 2.05) is 31.2 Å². The molecule has 0 spiro atoms. The van der Waals surface area contributed by atoms with Gasteiger partial charge in [0.25, 0.3) is 11.8 Å². The molecule has 4 aromatic rings. The molecular formula is C31H26N2O4. The molecular weight excluding hydrogens is 464 g/mol. The van der Waals surface area contributed by atoms with Gasteiger partial charge in [-0.1, -0.05) is 67.6 Å². The minimum absolute atomic E-state index is 0.112. The summed E-state index contributed by atoms with van der Waals surface area (Å²) in [6.45, 7) is 4.51. The number of benzene rings is 4. The van der Waals surface area contributed by atoms with Crippen molar-refractivity contribution in [3.8, 4) is 5.75 Å². The molecule has 5 rings (SSSR count). The number of hydrogen-bond acceptors (Lipinski definition) is 4. The molecule has 0 atom stereocenters. The molecule has 4 amide bonds. The standard InChI is InChI=1S/C31H26N2O4/c1-3-21-9-14-24(15-10-21)33-30(35)27(29(34)32-31(33)36)18-22-11-16-25(17-12-22)37-19-28-20(2)8-13-23-6-4-5-7-26(23)28/h4-18H,3,19H2,1-2H3,(H,32,34,36)/b27-18+. The minimum atomic E-state index is -0.760. The molecule has 0 radical (unpaired) electrons. The maximum Gasteiger partial charge on any atom is 0.335 e. The molecule has 184 valence electrons. The number of carbonyl (C=O) groups is 3. The Morgan fingerprint density at radius 3 is 2.32 bits per heavy atom. The average molecular weight is 491 g/mol. The maximum absolute atomic E-state index is 13.1. The van der Waals surface area contributed by atoms with Crippen LogP contribution in [0.3, 0.4) is 0 Å². The van der Waals surface area contributed by atoms with Gasteiger partial charge in [0.1, 0.15) is 17.9 Å². The first kappa shape index (κ1) is 24.0. The third kappa shape index (κ3) is 4.86. The number of imide groups is 2. The molecule has 0 aliphatic carbocycles. The lowest BCUT2D eigenvalue weighted by Crippen LogP contribution is -2.54. The van der Waals surface area contributed by atoms with Crippen LogP contribution in [-0.2, 0) is 22.6 Å². The number of hydrogen-bond donors (Lipinski definition) is 1. The molecule has 6 nitrogen and oxygen atoms in total. The van der Waals surface area contributed by atoms with Crippen molar-refractivity contribution in [3.05, 3.63) is 113 Å². The quantitative estimate of drug-likeness (QED) is 0.267. The van der Waals surface area contributed by atoms with Crippen LogP contribution in [0.5, 0.6) is 5.75 Å². The van der Waals surface area contributed by atoms with E-state index in [-0.39, 0.29) is 5.57 Å². The zero-order chi connectivity index (χ0) is 25.9. The van der Waals surface area contributed by atoms with Crippen LogP contribution in [0.2, 0.25) is 0 Å². The summed E-state index contributed by atoms with van der Waals surface area (Å²) in [5.41, 5.74) is 4.31. The lowest BCUT2D eigenvalue weighted by atomic mass is 10.0. The first-order valence-corrected chi connectivity index (χ1v) is 12.1. The van der Waals surface area contributed by atoms with E-state index in [2.05, 4.69) is 36.5 Å². The molecule has 0 bridgehead atoms. The van der Waals surface area contributed by atoms with Gasteiger partial charge < -0.3 is 4.74 Å². The van der Waals surface area contributed by atoms with Gasteiger partial charge in [0, 0.05) is 5.56 Å². The van der Waals surface area contributed by atoms with Gasteiger partial charge in [0.15, 0.2) is 0 Å². The third-order valence-corrected chi connectivity index (χ3v) is 6.55. The highest BCUT2D eigenvalue weighted by Crippen LogP contribution is 2.26. The Bertz CT molecular complexity index is 1540. The van der Waals surface area contributed by atoms with Crippen LogP contribution >= 0.6 is 0 Å². The maximum atomic E-state index is 13.1. The van der Waals surface area contributed by atoms with Crippen molar-refractivity contribution in [1.82, 2.24) is 5.32 Å². The summed E-state index contributed by atoms with van der Waals surface area (Å²) in [6.07, 6.45) is 2.32. The van der Waals surface area contributed by atoms with Crippen LogP contribution in [0, 0.1) is 6.92 Å². The van der Waals surface area contributed by atoms with Crippen molar-refractivity contribution in [1.29, 1.82) is 0 Å². The summed E-state index contributed by atoms with van der Waals surface area (Å²) in [4.78, 5) is 39.0. The zero-order valence-corrected chi connectivity index (χ0v) is 20.7. The Hall–Kier alpha value is -4.71. The monoisotopic (exact) mass is 490 g/mol. The van der Waals surface area contributed by atoms with Crippen molar-refractivity contribution in [2.75, 3.05) is 4.90 Å². The Kier molecular flexibility index (Phi) is 6.56. The first-order valence-electron chi connectivity index (χ1n) is 12.1. The number of aryl methyl sites for hydroxylation is 2. The van der Waals surface area contributed by atoms with E-state index < -0.39 is 17.8 Å². The molecule has 0 aromatic heterocycles. The summed E-state index contributed by atoms with van der Waals surface area (Å²) >= 11 is 0. The van der Waals surface area contributed by atoms with Crippen molar-refractivity contribution >= 4 is 40.4 Å². The first-order chi connectivity index (χ1) is 17.9. The molecule has 4 aromatic carbocycles. The van der Waals surface area contributed by atoms with Gasteiger partial charge in [0.2, 0.25) is 0 Å². The highest BCUT2D eigenvalue weighted by Gasteiger charge is 2.36. The predicted molar refractivity (Wildman–Crippen MR) is 144 cm³/mol. The molecule has 0 saturated carbocycles. The van der Waals surface area contributed by atoms with E-state index in [0.717, 1.165) is 38.8 Å². The summed E-state index contributed by atoms with van der Waals surface area (Å²) in [6, 6.07) is 25.9. The van der Waals surface area contributed by atoms with Gasteiger partial charge >= 0.3 is 6.03 Å². The Balaban J connectivity index is 1.34. The highest BCUT2D eigenvalue weighted by atomic mass is 16.5. The topological polar surface area (TPSA) is 75.7 Å². The summed E-state index contributed by atoms with van der Waals surface area (Å²) in [5.74, 6) is -0.713. The third-order valence-electron chi connectivity index (χ3n) is 6.55. The van der Waals surface area contributed by atoms with Gasteiger partial charge in [0.05, 0.1) is 5.69 Å². The number of rotatable bonds is 6. The number of anilines is 1. The van der Waals surface area contributed by atoms with E-state index in [4.69, 9.17) is 4.74 Å². The number of ether oxygens (including phenoxy) is 1. The fraction of sp³-hybridized carbons (Fsp3) is 0.129. The second kappa shape index (κ2) is 10.1. The summed E-state index contributed by atoms with van der Waals surface area (Å²) in [5, 5.41) is 4.59. The van der Waals surface area contributed by atoms with Gasteiger partial charge in [-0.25, -0.2) is 9.69 Å². The number of nitrogens with one attached hydrogen (secondary N) is 1. The van der Waals surface area contributed by atoms with Gasteiger partial charge in [-0.3, -0.25) is 14.9 Å². The van der Waals surface area contributed by atoms with E-state index in [0.29, 0.717) is 23.6 Å². The predicted octanol–water partition coefficient (Wildman–Crippen LogP) is 5.96. The van der Waals surface area contributed by atoms with E-state index >= 15 is 0 Å². The fourth-order valence-corrected chi connectivity index (χ4v) is 4.39. The highest BCUT2D eigenvalue weighted by molar-refractivity contribution is 6.39. The number of fused-ring (bicyclic) bond motifs is 1. The smallest absolute Gasteiger partial charge is 0.335 e. The molecule has 1 saturated heterocycles. The average Bonchev–Trinajstić information content (AvgIpc) is 2.91. The Labute approximate surface area is 215 Å². The lowest BCUT2D eigenvalue weighted by Gasteiger charge is -2.26. The number of amides is 4. The van der Waals surface area contributed by atoms with Crippen LogP contribution in [-0.4, -0.2) is 17.8 Å². The Morgan fingerprint density at radius 1 is 0.865 bits per heavy atom. The fourth-order valence-electron chi connectivity index (χ4n) is 4.39. The molecule has 1 N–H and O–H groups in total. The van der Waals surface area contributed by atoms with Crippen LogP contribution in [0.15, 0.2) is 90.5 Å². The summed E-state index contributed by atoms with van der Waals surface area (Å²) < 4.78 is 6.06. The Morgan fingerprint density at radius 2 is 1.59 bits per heavy atom. The van der Waals surface area contributed by atoms with Crippen molar-refractivity contribution in [3.63, 3.8) is 0 Å². The molecule has 1 fully saturated rings. The van der Waals surface area contributed by atoms with Crippen LogP contribution in [0.1, 0.15) is 29.2 Å². The summed E-state index contributed by atoms with van der Waals surface area (Å²) in [7, 11) is 0. The molecule has 1 aliphatic rings. The van der Waals surface area contributed by atoms with E-state index in [9.17, 15) is 14.4 Å². The lowest BCUT2D eigenvalue weighted by molar-refractivity contribution is -0.122. The van der Waals surface area contributed by atoms with Crippen molar-refractivity contribution in [2.24, 2.45) is 0 Å².